The summed E-state index contributed by atoms with van der Waals surface area (Å²) < 4.78 is 0. The molecule has 2 atom stereocenters. The van der Waals surface area contributed by atoms with E-state index in [-0.39, 0.29) is 11.9 Å². The second kappa shape index (κ2) is 6.11. The highest BCUT2D eigenvalue weighted by Gasteiger charge is 2.24. The van der Waals surface area contributed by atoms with Gasteiger partial charge in [0.05, 0.1) is 6.04 Å². The largest absolute Gasteiger partial charge is 0.341 e. The number of amides is 1. The van der Waals surface area contributed by atoms with Gasteiger partial charge >= 0.3 is 0 Å². The minimum atomic E-state index is -0.0183. The van der Waals surface area contributed by atoms with Gasteiger partial charge in [-0.1, -0.05) is 13.8 Å². The fourth-order valence-electron chi connectivity index (χ4n) is 2.11. The molecule has 15 heavy (non-hydrogen) atoms. The van der Waals surface area contributed by atoms with E-state index in [1.165, 1.54) is 6.42 Å². The molecule has 0 aliphatic carbocycles. The Morgan fingerprint density at radius 2 is 2.33 bits per heavy atom. The van der Waals surface area contributed by atoms with Gasteiger partial charge in [0.25, 0.3) is 0 Å². The third-order valence-electron chi connectivity index (χ3n) is 3.04. The number of nitrogens with one attached hydrogen (secondary N) is 1. The quantitative estimate of drug-likeness (QED) is 0.768. The van der Waals surface area contributed by atoms with Gasteiger partial charge < -0.3 is 10.2 Å². The molecule has 3 heteroatoms. The van der Waals surface area contributed by atoms with Crippen LogP contribution in [-0.2, 0) is 4.79 Å². The lowest BCUT2D eigenvalue weighted by molar-refractivity contribution is -0.134. The summed E-state index contributed by atoms with van der Waals surface area (Å²) >= 11 is 0. The Morgan fingerprint density at radius 3 is 2.93 bits per heavy atom. The normalized spacial score (nSPS) is 23.9. The van der Waals surface area contributed by atoms with Crippen molar-refractivity contribution in [3.05, 3.63) is 0 Å². The summed E-state index contributed by atoms with van der Waals surface area (Å²) in [7, 11) is 0. The van der Waals surface area contributed by atoms with Gasteiger partial charge in [-0.15, -0.1) is 0 Å². The van der Waals surface area contributed by atoms with Crippen molar-refractivity contribution in [1.82, 2.24) is 10.2 Å². The van der Waals surface area contributed by atoms with E-state index < -0.39 is 0 Å². The lowest BCUT2D eigenvalue weighted by Gasteiger charge is -2.33. The van der Waals surface area contributed by atoms with Crippen LogP contribution in [0.5, 0.6) is 0 Å². The van der Waals surface area contributed by atoms with Crippen LogP contribution >= 0.6 is 0 Å². The van der Waals surface area contributed by atoms with E-state index in [1.54, 1.807) is 0 Å². The molecule has 2 unspecified atom stereocenters. The van der Waals surface area contributed by atoms with Gasteiger partial charge in [0, 0.05) is 13.1 Å². The summed E-state index contributed by atoms with van der Waals surface area (Å²) in [4.78, 5) is 14.0. The van der Waals surface area contributed by atoms with Crippen LogP contribution in [0.15, 0.2) is 0 Å². The lowest BCUT2D eigenvalue weighted by atomic mass is 10.00. The molecule has 3 nitrogen and oxygen atoms in total. The number of hydrogen-bond acceptors (Lipinski definition) is 2. The molecular weight excluding hydrogens is 188 g/mol. The molecule has 1 heterocycles. The van der Waals surface area contributed by atoms with Crippen LogP contribution in [0.1, 0.15) is 40.0 Å². The maximum absolute atomic E-state index is 12.0. The monoisotopic (exact) mass is 212 g/mol. The third kappa shape index (κ3) is 3.82. The summed E-state index contributed by atoms with van der Waals surface area (Å²) in [6.45, 7) is 9.13. The molecule has 0 saturated carbocycles. The van der Waals surface area contributed by atoms with E-state index in [2.05, 4.69) is 19.2 Å². The van der Waals surface area contributed by atoms with Gasteiger partial charge in [0.2, 0.25) is 5.91 Å². The standard InChI is InChI=1S/C12H24N2O/c1-4-7-13-11(3)12(15)14-8-5-6-10(2)9-14/h10-11,13H,4-9H2,1-3H3. The number of hydrogen-bond donors (Lipinski definition) is 1. The Morgan fingerprint density at radius 1 is 1.60 bits per heavy atom. The van der Waals surface area contributed by atoms with Crippen LogP contribution in [0, 0.1) is 5.92 Å². The molecule has 0 radical (unpaired) electrons. The van der Waals surface area contributed by atoms with Crippen molar-refractivity contribution in [1.29, 1.82) is 0 Å². The van der Waals surface area contributed by atoms with Crippen molar-refractivity contribution in [3.8, 4) is 0 Å². The SMILES string of the molecule is CCCNC(C)C(=O)N1CCCC(C)C1. The Labute approximate surface area is 93.2 Å². The molecule has 0 bridgehead atoms. The Balaban J connectivity index is 2.37. The van der Waals surface area contributed by atoms with Gasteiger partial charge in [-0.25, -0.2) is 0 Å². The van der Waals surface area contributed by atoms with Gasteiger partial charge in [-0.3, -0.25) is 4.79 Å². The topological polar surface area (TPSA) is 32.3 Å². The Kier molecular flexibility index (Phi) is 5.09. The van der Waals surface area contributed by atoms with E-state index in [0.717, 1.165) is 32.5 Å². The third-order valence-corrected chi connectivity index (χ3v) is 3.04. The smallest absolute Gasteiger partial charge is 0.239 e. The van der Waals surface area contributed by atoms with Crippen LogP contribution < -0.4 is 5.32 Å². The molecule has 88 valence electrons. The zero-order valence-corrected chi connectivity index (χ0v) is 10.3. The average Bonchev–Trinajstić information content (AvgIpc) is 2.24. The van der Waals surface area contributed by atoms with E-state index in [9.17, 15) is 4.79 Å². The minimum absolute atomic E-state index is 0.0183. The predicted octanol–water partition coefficient (Wildman–Crippen LogP) is 1.63. The van der Waals surface area contributed by atoms with Crippen molar-refractivity contribution in [3.63, 3.8) is 0 Å². The van der Waals surface area contributed by atoms with Crippen LogP contribution in [0.3, 0.4) is 0 Å². The predicted molar refractivity (Wildman–Crippen MR) is 62.7 cm³/mol. The van der Waals surface area contributed by atoms with Crippen LogP contribution in [0.2, 0.25) is 0 Å². The van der Waals surface area contributed by atoms with Gasteiger partial charge in [-0.2, -0.15) is 0 Å². The van der Waals surface area contributed by atoms with Crippen LogP contribution in [0.25, 0.3) is 0 Å². The summed E-state index contributed by atoms with van der Waals surface area (Å²) in [6, 6.07) is -0.0183. The minimum Gasteiger partial charge on any atom is -0.341 e. The van der Waals surface area contributed by atoms with Crippen LogP contribution in [-0.4, -0.2) is 36.5 Å². The second-order valence-corrected chi connectivity index (χ2v) is 4.71. The summed E-state index contributed by atoms with van der Waals surface area (Å²) in [5.74, 6) is 0.941. The number of likely N-dealkylation sites (tertiary alicyclic amines) is 1. The van der Waals surface area contributed by atoms with Crippen molar-refractivity contribution in [2.24, 2.45) is 5.92 Å². The van der Waals surface area contributed by atoms with E-state index in [0.29, 0.717) is 5.92 Å². The Hall–Kier alpha value is -0.570. The molecule has 1 fully saturated rings. The number of carbonyl (C=O) groups is 1. The van der Waals surface area contributed by atoms with Crippen molar-refractivity contribution in [2.75, 3.05) is 19.6 Å². The molecule has 1 N–H and O–H groups in total. The maximum atomic E-state index is 12.0. The zero-order chi connectivity index (χ0) is 11.3. The highest BCUT2D eigenvalue weighted by molar-refractivity contribution is 5.81. The van der Waals surface area contributed by atoms with Crippen LogP contribution in [0.4, 0.5) is 0 Å². The molecule has 1 aliphatic heterocycles. The van der Waals surface area contributed by atoms with Crippen molar-refractivity contribution in [2.45, 2.75) is 46.1 Å². The van der Waals surface area contributed by atoms with Gasteiger partial charge in [0.1, 0.15) is 0 Å². The molecule has 1 amide bonds. The van der Waals surface area contributed by atoms with Crippen molar-refractivity contribution >= 4 is 5.91 Å². The molecule has 0 aromatic rings. The number of piperidine rings is 1. The zero-order valence-electron chi connectivity index (χ0n) is 10.3. The number of carbonyl (C=O) groups excluding carboxylic acids is 1. The highest BCUT2D eigenvalue weighted by atomic mass is 16.2. The molecule has 0 spiro atoms. The first-order valence-electron chi connectivity index (χ1n) is 6.17. The number of nitrogens with zero attached hydrogens (tertiary/aromatic N) is 1. The van der Waals surface area contributed by atoms with E-state index in [4.69, 9.17) is 0 Å². The number of rotatable bonds is 4. The summed E-state index contributed by atoms with van der Waals surface area (Å²) in [5.41, 5.74) is 0. The van der Waals surface area contributed by atoms with Gasteiger partial charge in [0.15, 0.2) is 0 Å². The summed E-state index contributed by atoms with van der Waals surface area (Å²) in [6.07, 6.45) is 3.50. The first kappa shape index (κ1) is 12.5. The molecule has 1 rings (SSSR count). The van der Waals surface area contributed by atoms with Crippen molar-refractivity contribution < 1.29 is 4.79 Å². The Bertz CT molecular complexity index is 206. The molecule has 0 aromatic heterocycles. The second-order valence-electron chi connectivity index (χ2n) is 4.71. The lowest BCUT2D eigenvalue weighted by Crippen LogP contribution is -2.48. The molecule has 0 aromatic carbocycles. The molecule has 1 aliphatic rings. The highest BCUT2D eigenvalue weighted by Crippen LogP contribution is 2.16. The molecular formula is C12H24N2O. The fraction of sp³-hybridized carbons (Fsp3) is 0.917. The first-order valence-corrected chi connectivity index (χ1v) is 6.17. The first-order chi connectivity index (χ1) is 7.15. The fourth-order valence-corrected chi connectivity index (χ4v) is 2.11. The average molecular weight is 212 g/mol. The summed E-state index contributed by atoms with van der Waals surface area (Å²) in [5, 5.41) is 3.25. The molecule has 1 saturated heterocycles. The maximum Gasteiger partial charge on any atom is 0.239 e. The van der Waals surface area contributed by atoms with Gasteiger partial charge in [-0.05, 0) is 38.6 Å². The van der Waals surface area contributed by atoms with E-state index in [1.807, 2.05) is 11.8 Å². The van der Waals surface area contributed by atoms with E-state index >= 15 is 0 Å².